The molecule has 452 valence electrons. The number of rotatable bonds is 15. The van der Waals surface area contributed by atoms with Crippen molar-refractivity contribution >= 4 is 68.7 Å². The molecule has 9 aliphatic rings. The molecule has 5 aliphatic heterocycles. The van der Waals surface area contributed by atoms with E-state index in [1.54, 1.807) is 0 Å². The molecule has 0 N–H and O–H groups in total. The van der Waals surface area contributed by atoms with Crippen LogP contribution in [0.2, 0.25) is 10.0 Å². The molecule has 6 aromatic rings. The Kier molecular flexibility index (Phi) is 14.3. The van der Waals surface area contributed by atoms with Crippen LogP contribution in [0.3, 0.4) is 0 Å². The number of hydrogen-bond donors (Lipinski definition) is 0. The summed E-state index contributed by atoms with van der Waals surface area (Å²) in [6.45, 7) is 11.3. The zero-order chi connectivity index (χ0) is 60.4. The van der Waals surface area contributed by atoms with E-state index in [0.29, 0.717) is 92.0 Å². The number of carbonyl (C=O) groups excluding carboxylic acids is 2. The van der Waals surface area contributed by atoms with Gasteiger partial charge >= 0.3 is 12.0 Å². The Morgan fingerprint density at radius 1 is 0.670 bits per heavy atom. The van der Waals surface area contributed by atoms with Gasteiger partial charge in [0, 0.05) is 63.0 Å². The lowest BCUT2D eigenvalue weighted by molar-refractivity contribution is -0.132. The maximum Gasteiger partial charge on any atom is 0.320 e. The molecule has 2 amide bonds. The largest absolute Gasteiger partial charge is 0.462 e. The van der Waals surface area contributed by atoms with Crippen LogP contribution in [0.25, 0.3) is 44.6 Å². The third-order valence-corrected chi connectivity index (χ3v) is 21.4. The van der Waals surface area contributed by atoms with Gasteiger partial charge in [-0.05, 0) is 154 Å². The van der Waals surface area contributed by atoms with Crippen LogP contribution in [-0.2, 0) is 22.4 Å². The van der Waals surface area contributed by atoms with E-state index in [2.05, 4.69) is 72.5 Å². The highest BCUT2D eigenvalue weighted by molar-refractivity contribution is 6.34. The molecule has 22 heteroatoms. The zero-order valence-corrected chi connectivity index (χ0v) is 50.5. The fourth-order valence-corrected chi connectivity index (χ4v) is 16.8. The first-order chi connectivity index (χ1) is 42.6. The summed E-state index contributed by atoms with van der Waals surface area (Å²) in [5.74, 6) is -0.560. The monoisotopic (exact) mass is 1230 g/mol. The highest BCUT2D eigenvalue weighted by Gasteiger charge is 2.49. The lowest BCUT2D eigenvalue weighted by Crippen LogP contribution is -2.55. The van der Waals surface area contributed by atoms with Gasteiger partial charge in [0.05, 0.1) is 74.8 Å². The van der Waals surface area contributed by atoms with Crippen molar-refractivity contribution in [2.24, 2.45) is 11.8 Å². The zero-order valence-electron chi connectivity index (χ0n) is 49.0. The number of ether oxygens (including phenoxy) is 2. The minimum Gasteiger partial charge on any atom is -0.462 e. The molecule has 2 saturated carbocycles. The molecule has 2 aromatic carbocycles. The number of likely N-dealkylation sites (tertiary alicyclic amines) is 1. The molecule has 8 atom stereocenters. The van der Waals surface area contributed by atoms with E-state index < -0.39 is 35.6 Å². The number of hydrogen-bond acceptors (Lipinski definition) is 16. The Labute approximate surface area is 518 Å². The second-order valence-corrected chi connectivity index (χ2v) is 26.8. The second-order valence-electron chi connectivity index (χ2n) is 25.9. The maximum atomic E-state index is 14.3. The summed E-state index contributed by atoms with van der Waals surface area (Å²) in [6.07, 6.45) is 9.31. The summed E-state index contributed by atoms with van der Waals surface area (Å²) >= 11 is 14.7. The lowest BCUT2D eigenvalue weighted by Gasteiger charge is -2.41. The molecule has 15 rings (SSSR count). The number of likely N-dealkylation sites (N-methyl/N-ethyl adjacent to an activating group) is 1. The molecular formula is C66H66Cl2F2N14O4. The van der Waals surface area contributed by atoms with Gasteiger partial charge in [-0.1, -0.05) is 60.6 Å². The first kappa shape index (κ1) is 56.9. The average molecular weight is 1230 g/mol. The van der Waals surface area contributed by atoms with Gasteiger partial charge in [0.15, 0.2) is 22.9 Å². The van der Waals surface area contributed by atoms with Crippen LogP contribution in [0, 0.1) is 34.5 Å². The van der Waals surface area contributed by atoms with Crippen molar-refractivity contribution in [3.05, 3.63) is 105 Å². The third-order valence-electron chi connectivity index (χ3n) is 20.8. The van der Waals surface area contributed by atoms with Gasteiger partial charge in [0.2, 0.25) is 0 Å². The summed E-state index contributed by atoms with van der Waals surface area (Å²) in [5.41, 5.74) is 10.4. The predicted molar refractivity (Wildman–Crippen MR) is 329 cm³/mol. The van der Waals surface area contributed by atoms with Gasteiger partial charge in [0.1, 0.15) is 24.8 Å². The van der Waals surface area contributed by atoms with E-state index in [9.17, 15) is 28.9 Å². The SMILES string of the molecule is C=C(F)C(=O)N1CCN(c2nc(OC[C@@H]3CC(c4cc5c(c(-c6nc7nc(OCC89CCCN8CCC9)nc(N8CCN(C(=O)C(=C)F)[C@@H](CC#N)C8)c7cc6Cl)c4)C4CC4C5)CN3C)nc3nc(-c4cccc5c4C4CC4C5)c(Cl)cc23)C[C@@H]1CC#N. The van der Waals surface area contributed by atoms with Crippen LogP contribution in [-0.4, -0.2) is 164 Å². The van der Waals surface area contributed by atoms with Gasteiger partial charge < -0.3 is 29.1 Å². The summed E-state index contributed by atoms with van der Waals surface area (Å²) in [7, 11) is 2.11. The van der Waals surface area contributed by atoms with E-state index in [-0.39, 0.29) is 81.7 Å². The number of pyridine rings is 2. The number of carbonyl (C=O) groups is 2. The predicted octanol–water partition coefficient (Wildman–Crippen LogP) is 10.0. The minimum absolute atomic E-state index is 0.0127. The number of amides is 2. The second kappa shape index (κ2) is 22.1. The molecular weight excluding hydrogens is 1160 g/mol. The highest BCUT2D eigenvalue weighted by atomic mass is 35.5. The summed E-state index contributed by atoms with van der Waals surface area (Å²) in [4.78, 5) is 68.2. The average Bonchev–Trinajstić information content (AvgIpc) is 1.56. The molecule has 4 aliphatic carbocycles. The number of aromatic nitrogens is 6. The number of nitriles is 2. The van der Waals surface area contributed by atoms with Crippen molar-refractivity contribution in [3.63, 3.8) is 0 Å². The molecule has 9 heterocycles. The van der Waals surface area contributed by atoms with Gasteiger partial charge in [-0.25, -0.2) is 18.7 Å². The molecule has 0 bridgehead atoms. The molecule has 88 heavy (non-hydrogen) atoms. The smallest absolute Gasteiger partial charge is 0.320 e. The van der Waals surface area contributed by atoms with Crippen molar-refractivity contribution < 1.29 is 27.8 Å². The van der Waals surface area contributed by atoms with E-state index in [0.717, 1.165) is 88.5 Å². The molecule has 5 saturated heterocycles. The topological polar surface area (TPSA) is 197 Å². The summed E-state index contributed by atoms with van der Waals surface area (Å²) in [5, 5.41) is 21.8. The van der Waals surface area contributed by atoms with Crippen LogP contribution in [0.15, 0.2) is 67.3 Å². The van der Waals surface area contributed by atoms with Crippen molar-refractivity contribution in [2.75, 3.05) is 89.0 Å². The Morgan fingerprint density at radius 3 is 1.81 bits per heavy atom. The van der Waals surface area contributed by atoms with E-state index >= 15 is 0 Å². The molecule has 7 fully saturated rings. The van der Waals surface area contributed by atoms with E-state index in [4.69, 9.17) is 62.6 Å². The van der Waals surface area contributed by atoms with Crippen molar-refractivity contribution in [2.45, 2.75) is 112 Å². The Balaban J connectivity index is 0.741. The van der Waals surface area contributed by atoms with Gasteiger partial charge in [-0.15, -0.1) is 0 Å². The number of nitrogens with zero attached hydrogens (tertiary/aromatic N) is 14. The van der Waals surface area contributed by atoms with Crippen molar-refractivity contribution in [1.29, 1.82) is 10.5 Å². The van der Waals surface area contributed by atoms with Crippen LogP contribution >= 0.6 is 23.2 Å². The molecule has 0 radical (unpaired) electrons. The van der Waals surface area contributed by atoms with Crippen molar-refractivity contribution in [1.82, 2.24) is 49.5 Å². The number of halogens is 4. The molecule has 18 nitrogen and oxygen atoms in total. The number of benzene rings is 2. The fourth-order valence-electron chi connectivity index (χ4n) is 16.3. The third kappa shape index (κ3) is 9.93. The minimum atomic E-state index is -1.08. The standard InChI is InChI=1S/C66H66Cl2F2N14O4/c1-35(69)62(85)83-19-17-80(31-43(83)9-13-71)60-50-28-52(67)56(46-8-4-7-37-21-39-26-47(39)54(37)46)73-58(50)75-64(77-60)87-33-45-24-42(30-79(45)3)38-22-41-23-40-27-48(40)55(41)49(25-38)57-53(68)29-51-59(74-57)76-65(88-34-66-11-5-15-82(66)16-6-12-66)78-61(51)81-18-20-84(63(86)36(2)70)44(32-81)10-14-72/h4,7-8,22,25,28-29,39-40,42-45,47-48H,1-2,5-6,9-12,15-21,23-24,26-27,30-34H2,3H3/t39?,40?,42?,43-,44-,45-,47?,48?/m0/s1. The van der Waals surface area contributed by atoms with Crippen LogP contribution < -0.4 is 19.3 Å². The normalized spacial score (nSPS) is 25.7. The van der Waals surface area contributed by atoms with Crippen molar-refractivity contribution in [3.8, 4) is 46.7 Å². The summed E-state index contributed by atoms with van der Waals surface area (Å²) in [6, 6.07) is 18.2. The molecule has 4 aromatic heterocycles. The first-order valence-electron chi connectivity index (χ1n) is 30.9. The van der Waals surface area contributed by atoms with Gasteiger partial charge in [-0.3, -0.25) is 19.4 Å². The molecule has 5 unspecified atom stereocenters. The fraction of sp³-hybridized carbons (Fsp3) is 0.485. The summed E-state index contributed by atoms with van der Waals surface area (Å²) < 4.78 is 42.0. The number of anilines is 2. The lowest BCUT2D eigenvalue weighted by atomic mass is 9.88. The quantitative estimate of drug-likeness (QED) is 0.0880. The first-order valence-corrected chi connectivity index (χ1v) is 31.7. The van der Waals surface area contributed by atoms with Crippen LogP contribution in [0.4, 0.5) is 20.4 Å². The molecule has 0 spiro atoms. The number of fused-ring (bicyclic) bond motifs is 9. The van der Waals surface area contributed by atoms with Crippen LogP contribution in [0.5, 0.6) is 12.0 Å². The van der Waals surface area contributed by atoms with Gasteiger partial charge in [-0.2, -0.15) is 30.5 Å². The van der Waals surface area contributed by atoms with Gasteiger partial charge in [0.25, 0.3) is 11.8 Å². The van der Waals surface area contributed by atoms with Crippen LogP contribution in [0.1, 0.15) is 103 Å². The Bertz CT molecular complexity index is 4030. The van der Waals surface area contributed by atoms with E-state index in [1.807, 2.05) is 21.9 Å². The number of piperazine rings is 2. The highest BCUT2D eigenvalue weighted by Crippen LogP contribution is 2.61. The maximum absolute atomic E-state index is 14.3. The Morgan fingerprint density at radius 2 is 1.23 bits per heavy atom. The van der Waals surface area contributed by atoms with E-state index in [1.165, 1.54) is 37.6 Å². The Hall–Kier alpha value is -7.62.